The second kappa shape index (κ2) is 10.3. The standard InChI is InChI=1S/C25H26ClN3O2S/c26-22-13-10-20(28-24(30)23-7-4-14-32-23)15-18(22)16-29(21-11-8-19(27)9-12-21)25(31)17-5-2-1-3-6-17/h1-7,10,13-15,19,21H,8-9,11-12,16,27H2,(H,28,30). The lowest BCUT2D eigenvalue weighted by Gasteiger charge is -2.36. The average molecular weight is 468 g/mol. The Bertz CT molecular complexity index is 1060. The number of benzene rings is 2. The van der Waals surface area contributed by atoms with E-state index in [-0.39, 0.29) is 23.9 Å². The molecule has 0 spiro atoms. The Labute approximate surface area is 197 Å². The van der Waals surface area contributed by atoms with Gasteiger partial charge in [-0.2, -0.15) is 0 Å². The van der Waals surface area contributed by atoms with Crippen LogP contribution in [0.1, 0.15) is 51.3 Å². The fourth-order valence-electron chi connectivity index (χ4n) is 4.08. The molecule has 1 aromatic heterocycles. The first-order chi connectivity index (χ1) is 15.5. The van der Waals surface area contributed by atoms with Crippen LogP contribution >= 0.6 is 22.9 Å². The van der Waals surface area contributed by atoms with Crippen molar-refractivity contribution >= 4 is 40.4 Å². The number of amides is 2. The van der Waals surface area contributed by atoms with Gasteiger partial charge in [0.25, 0.3) is 11.8 Å². The number of hydrogen-bond acceptors (Lipinski definition) is 4. The highest BCUT2D eigenvalue weighted by Gasteiger charge is 2.29. The van der Waals surface area contributed by atoms with Gasteiger partial charge in [-0.05, 0) is 73.0 Å². The van der Waals surface area contributed by atoms with Crippen LogP contribution in [0.25, 0.3) is 0 Å². The van der Waals surface area contributed by atoms with E-state index in [0.29, 0.717) is 27.7 Å². The molecule has 0 bridgehead atoms. The maximum atomic E-state index is 13.4. The molecule has 3 aromatic rings. The number of nitrogens with one attached hydrogen (secondary N) is 1. The Hall–Kier alpha value is -2.67. The van der Waals surface area contributed by atoms with Crippen LogP contribution in [0.2, 0.25) is 5.02 Å². The van der Waals surface area contributed by atoms with Gasteiger partial charge >= 0.3 is 0 Å². The molecule has 2 aromatic carbocycles. The summed E-state index contributed by atoms with van der Waals surface area (Å²) < 4.78 is 0. The summed E-state index contributed by atoms with van der Waals surface area (Å²) in [6, 6.07) is 18.6. The monoisotopic (exact) mass is 467 g/mol. The van der Waals surface area contributed by atoms with Gasteiger partial charge < -0.3 is 16.0 Å². The first kappa shape index (κ1) is 22.5. The van der Waals surface area contributed by atoms with E-state index in [1.54, 1.807) is 18.2 Å². The Kier molecular flexibility index (Phi) is 7.25. The lowest BCUT2D eigenvalue weighted by atomic mass is 9.90. The fourth-order valence-corrected chi connectivity index (χ4v) is 4.88. The van der Waals surface area contributed by atoms with Crippen molar-refractivity contribution in [3.63, 3.8) is 0 Å². The van der Waals surface area contributed by atoms with Crippen LogP contribution in [0.3, 0.4) is 0 Å². The quantitative estimate of drug-likeness (QED) is 0.497. The molecular weight excluding hydrogens is 442 g/mol. The Balaban J connectivity index is 1.58. The molecule has 2 amide bonds. The Morgan fingerprint density at radius 3 is 2.47 bits per heavy atom. The molecule has 4 rings (SSSR count). The zero-order chi connectivity index (χ0) is 22.5. The van der Waals surface area contributed by atoms with Crippen molar-refractivity contribution in [1.29, 1.82) is 0 Å². The largest absolute Gasteiger partial charge is 0.331 e. The summed E-state index contributed by atoms with van der Waals surface area (Å²) >= 11 is 7.91. The number of thiophene rings is 1. The predicted molar refractivity (Wildman–Crippen MR) is 130 cm³/mol. The topological polar surface area (TPSA) is 75.4 Å². The number of anilines is 1. The van der Waals surface area contributed by atoms with E-state index < -0.39 is 0 Å². The van der Waals surface area contributed by atoms with Gasteiger partial charge in [-0.1, -0.05) is 35.9 Å². The minimum atomic E-state index is -0.160. The first-order valence-corrected chi connectivity index (χ1v) is 12.0. The van der Waals surface area contributed by atoms with Gasteiger partial charge in [0, 0.05) is 34.9 Å². The van der Waals surface area contributed by atoms with E-state index in [4.69, 9.17) is 17.3 Å². The summed E-state index contributed by atoms with van der Waals surface area (Å²) in [4.78, 5) is 28.4. The molecule has 3 N–H and O–H groups in total. The molecule has 7 heteroatoms. The third kappa shape index (κ3) is 5.38. The molecule has 1 aliphatic carbocycles. The van der Waals surface area contributed by atoms with Crippen LogP contribution in [0.15, 0.2) is 66.0 Å². The molecule has 1 saturated carbocycles. The molecular formula is C25H26ClN3O2S. The highest BCUT2D eigenvalue weighted by Crippen LogP contribution is 2.29. The normalized spacial score (nSPS) is 18.2. The van der Waals surface area contributed by atoms with E-state index in [0.717, 1.165) is 31.2 Å². The number of nitrogens with zero attached hydrogens (tertiary/aromatic N) is 1. The van der Waals surface area contributed by atoms with Crippen LogP contribution in [-0.4, -0.2) is 28.8 Å². The van der Waals surface area contributed by atoms with E-state index in [9.17, 15) is 9.59 Å². The number of carbonyl (C=O) groups is 2. The third-order valence-corrected chi connectivity index (χ3v) is 7.09. The lowest BCUT2D eigenvalue weighted by Crippen LogP contribution is -2.43. The van der Waals surface area contributed by atoms with Crippen LogP contribution < -0.4 is 11.1 Å². The minimum absolute atomic E-state index is 0.0184. The fraction of sp³-hybridized carbons (Fsp3) is 0.280. The number of nitrogens with two attached hydrogens (primary N) is 1. The number of hydrogen-bond donors (Lipinski definition) is 2. The average Bonchev–Trinajstić information content (AvgIpc) is 3.35. The second-order valence-corrected chi connectivity index (χ2v) is 9.46. The minimum Gasteiger partial charge on any atom is -0.331 e. The lowest BCUT2D eigenvalue weighted by molar-refractivity contribution is 0.0606. The Morgan fingerprint density at radius 2 is 1.78 bits per heavy atom. The number of halogens is 1. The van der Waals surface area contributed by atoms with Crippen molar-refractivity contribution in [3.8, 4) is 0 Å². The summed E-state index contributed by atoms with van der Waals surface area (Å²) in [5.41, 5.74) is 8.21. The second-order valence-electron chi connectivity index (χ2n) is 8.11. The molecule has 166 valence electrons. The zero-order valence-electron chi connectivity index (χ0n) is 17.7. The van der Waals surface area contributed by atoms with Gasteiger partial charge in [0.2, 0.25) is 0 Å². The molecule has 0 atom stereocenters. The Morgan fingerprint density at radius 1 is 1.03 bits per heavy atom. The molecule has 0 saturated heterocycles. The SMILES string of the molecule is NC1CCC(N(Cc2cc(NC(=O)c3cccs3)ccc2Cl)C(=O)c2ccccc2)CC1. The van der Waals surface area contributed by atoms with Crippen molar-refractivity contribution < 1.29 is 9.59 Å². The van der Waals surface area contributed by atoms with Crippen LogP contribution in [0.4, 0.5) is 5.69 Å². The van der Waals surface area contributed by atoms with Crippen LogP contribution in [0.5, 0.6) is 0 Å². The van der Waals surface area contributed by atoms with Crippen LogP contribution in [0, 0.1) is 0 Å². The van der Waals surface area contributed by atoms with Crippen LogP contribution in [-0.2, 0) is 6.54 Å². The highest BCUT2D eigenvalue weighted by atomic mass is 35.5. The van der Waals surface area contributed by atoms with Gasteiger partial charge in [-0.3, -0.25) is 9.59 Å². The summed E-state index contributed by atoms with van der Waals surface area (Å²) in [7, 11) is 0. The molecule has 0 unspecified atom stereocenters. The highest BCUT2D eigenvalue weighted by molar-refractivity contribution is 7.12. The van der Waals surface area contributed by atoms with E-state index in [1.807, 2.05) is 52.7 Å². The molecule has 5 nitrogen and oxygen atoms in total. The number of carbonyl (C=O) groups excluding carboxylic acids is 2. The van der Waals surface area contributed by atoms with E-state index in [1.165, 1.54) is 11.3 Å². The van der Waals surface area contributed by atoms with E-state index >= 15 is 0 Å². The zero-order valence-corrected chi connectivity index (χ0v) is 19.2. The van der Waals surface area contributed by atoms with Gasteiger partial charge in [0.05, 0.1) is 4.88 Å². The molecule has 1 fully saturated rings. The van der Waals surface area contributed by atoms with Gasteiger partial charge in [0.15, 0.2) is 0 Å². The van der Waals surface area contributed by atoms with Crippen molar-refractivity contribution in [2.45, 2.75) is 44.3 Å². The maximum Gasteiger partial charge on any atom is 0.265 e. The third-order valence-electron chi connectivity index (χ3n) is 5.85. The molecule has 32 heavy (non-hydrogen) atoms. The molecule has 0 aliphatic heterocycles. The first-order valence-electron chi connectivity index (χ1n) is 10.8. The molecule has 1 heterocycles. The van der Waals surface area contributed by atoms with Crippen molar-refractivity contribution in [3.05, 3.63) is 87.1 Å². The smallest absolute Gasteiger partial charge is 0.265 e. The van der Waals surface area contributed by atoms with E-state index in [2.05, 4.69) is 5.32 Å². The summed E-state index contributed by atoms with van der Waals surface area (Å²) in [6.07, 6.45) is 3.53. The van der Waals surface area contributed by atoms with Gasteiger partial charge in [-0.25, -0.2) is 0 Å². The summed E-state index contributed by atoms with van der Waals surface area (Å²) in [5.74, 6) is -0.179. The summed E-state index contributed by atoms with van der Waals surface area (Å²) in [5, 5.41) is 5.36. The molecule has 0 radical (unpaired) electrons. The molecule has 1 aliphatic rings. The number of rotatable bonds is 6. The van der Waals surface area contributed by atoms with Crippen molar-refractivity contribution in [2.75, 3.05) is 5.32 Å². The van der Waals surface area contributed by atoms with Gasteiger partial charge in [0.1, 0.15) is 0 Å². The summed E-state index contributed by atoms with van der Waals surface area (Å²) in [6.45, 7) is 0.370. The maximum absolute atomic E-state index is 13.4. The predicted octanol–water partition coefficient (Wildman–Crippen LogP) is 5.57. The van der Waals surface area contributed by atoms with Crippen molar-refractivity contribution in [1.82, 2.24) is 4.90 Å². The van der Waals surface area contributed by atoms with Crippen molar-refractivity contribution in [2.24, 2.45) is 5.73 Å². The van der Waals surface area contributed by atoms with Gasteiger partial charge in [-0.15, -0.1) is 11.3 Å².